The molecule has 0 unspecified atom stereocenters. The highest BCUT2D eigenvalue weighted by atomic mass is 32.2. The number of nitrogens with zero attached hydrogens (tertiary/aromatic N) is 3. The molecule has 2 heterocycles. The molecule has 3 aromatic rings. The van der Waals surface area contributed by atoms with Crippen LogP contribution in [0.5, 0.6) is 5.75 Å². The number of aromatic nitrogens is 1. The van der Waals surface area contributed by atoms with Crippen LogP contribution >= 0.6 is 23.1 Å². The Morgan fingerprint density at radius 3 is 2.81 bits per heavy atom. The van der Waals surface area contributed by atoms with Crippen molar-refractivity contribution in [1.82, 2.24) is 9.88 Å². The van der Waals surface area contributed by atoms with E-state index in [1.165, 1.54) is 4.90 Å². The number of hydrogen-bond donors (Lipinski definition) is 0. The molecule has 32 heavy (non-hydrogen) atoms. The third kappa shape index (κ3) is 6.22. The highest BCUT2D eigenvalue weighted by Crippen LogP contribution is 2.32. The number of hydrogen-bond acceptors (Lipinski definition) is 7. The molecular weight excluding hydrogens is 442 g/mol. The Hall–Kier alpha value is -2.13. The number of anilines is 1. The van der Waals surface area contributed by atoms with E-state index in [1.54, 1.807) is 30.2 Å². The van der Waals surface area contributed by atoms with Crippen molar-refractivity contribution in [2.24, 2.45) is 0 Å². The fourth-order valence-electron chi connectivity index (χ4n) is 3.65. The van der Waals surface area contributed by atoms with Crippen molar-refractivity contribution in [3.8, 4) is 5.75 Å². The minimum Gasteiger partial charge on any atom is -0.497 e. The van der Waals surface area contributed by atoms with Gasteiger partial charge in [0.05, 0.1) is 30.5 Å². The van der Waals surface area contributed by atoms with Crippen molar-refractivity contribution in [2.45, 2.75) is 17.7 Å². The lowest BCUT2D eigenvalue weighted by atomic mass is 10.3. The normalized spacial score (nSPS) is 14.5. The van der Waals surface area contributed by atoms with Crippen molar-refractivity contribution in [3.05, 3.63) is 48.5 Å². The molecule has 0 atom stereocenters. The summed E-state index contributed by atoms with van der Waals surface area (Å²) in [6.45, 7) is 5.14. The Morgan fingerprint density at radius 1 is 1.22 bits per heavy atom. The number of ether oxygens (including phenoxy) is 2. The number of carbonyl (C=O) groups excluding carboxylic acids is 1. The van der Waals surface area contributed by atoms with Crippen LogP contribution in [0.15, 0.2) is 53.4 Å². The SMILES string of the molecule is COc1ccc2nc(N(CCCN3CCOCC3)C(=O)CCSc3ccccc3)sc2c1. The quantitative estimate of drug-likeness (QED) is 0.405. The van der Waals surface area contributed by atoms with E-state index in [0.717, 1.165) is 66.1 Å². The second-order valence-electron chi connectivity index (χ2n) is 7.59. The molecule has 0 radical (unpaired) electrons. The van der Waals surface area contributed by atoms with Crippen molar-refractivity contribution in [2.75, 3.05) is 57.2 Å². The van der Waals surface area contributed by atoms with Crippen molar-refractivity contribution < 1.29 is 14.3 Å². The zero-order valence-electron chi connectivity index (χ0n) is 18.4. The van der Waals surface area contributed by atoms with Gasteiger partial charge in [-0.2, -0.15) is 0 Å². The smallest absolute Gasteiger partial charge is 0.229 e. The van der Waals surface area contributed by atoms with Gasteiger partial charge in [0.15, 0.2) is 5.13 Å². The Morgan fingerprint density at radius 2 is 2.03 bits per heavy atom. The van der Waals surface area contributed by atoms with Gasteiger partial charge in [-0.15, -0.1) is 11.8 Å². The van der Waals surface area contributed by atoms with Gasteiger partial charge in [0, 0.05) is 43.2 Å². The van der Waals surface area contributed by atoms with Crippen LogP contribution in [0.4, 0.5) is 5.13 Å². The molecule has 1 aliphatic heterocycles. The summed E-state index contributed by atoms with van der Waals surface area (Å²) in [7, 11) is 1.66. The van der Waals surface area contributed by atoms with Gasteiger partial charge in [0.2, 0.25) is 5.91 Å². The molecule has 1 fully saturated rings. The largest absolute Gasteiger partial charge is 0.497 e. The fourth-order valence-corrected chi connectivity index (χ4v) is 5.55. The van der Waals surface area contributed by atoms with Gasteiger partial charge in [-0.25, -0.2) is 4.98 Å². The summed E-state index contributed by atoms with van der Waals surface area (Å²) < 4.78 is 11.8. The van der Waals surface area contributed by atoms with Crippen molar-refractivity contribution in [1.29, 1.82) is 0 Å². The summed E-state index contributed by atoms with van der Waals surface area (Å²) in [5, 5.41) is 0.768. The van der Waals surface area contributed by atoms with Gasteiger partial charge in [0.1, 0.15) is 5.75 Å². The van der Waals surface area contributed by atoms with Gasteiger partial charge < -0.3 is 9.47 Å². The van der Waals surface area contributed by atoms with Crippen LogP contribution in [0.3, 0.4) is 0 Å². The van der Waals surface area contributed by atoms with E-state index in [9.17, 15) is 4.79 Å². The first kappa shape index (κ1) is 23.0. The number of fused-ring (bicyclic) bond motifs is 1. The summed E-state index contributed by atoms with van der Waals surface area (Å²) in [4.78, 5) is 23.5. The number of rotatable bonds is 10. The van der Waals surface area contributed by atoms with Crippen molar-refractivity contribution in [3.63, 3.8) is 0 Å². The second-order valence-corrected chi connectivity index (χ2v) is 9.77. The van der Waals surface area contributed by atoms with Gasteiger partial charge in [-0.1, -0.05) is 29.5 Å². The van der Waals surface area contributed by atoms with Crippen LogP contribution < -0.4 is 9.64 Å². The molecule has 0 bridgehead atoms. The minimum absolute atomic E-state index is 0.126. The molecule has 1 aromatic heterocycles. The number of benzene rings is 2. The predicted octanol–water partition coefficient (Wildman–Crippen LogP) is 4.54. The van der Waals surface area contributed by atoms with E-state index in [0.29, 0.717) is 13.0 Å². The van der Waals surface area contributed by atoms with Crippen LogP contribution in [0.2, 0.25) is 0 Å². The standard InChI is InChI=1S/C24H29N3O3S2/c1-29-19-8-9-21-22(18-19)32-24(25-21)27(12-5-11-26-13-15-30-16-14-26)23(28)10-17-31-20-6-3-2-4-7-20/h2-4,6-9,18H,5,10-17H2,1H3. The lowest BCUT2D eigenvalue weighted by molar-refractivity contribution is -0.118. The Kier molecular flexibility index (Phi) is 8.39. The maximum atomic E-state index is 13.2. The first-order chi connectivity index (χ1) is 15.7. The number of thioether (sulfide) groups is 1. The molecule has 6 nitrogen and oxygen atoms in total. The van der Waals surface area contributed by atoms with Crippen molar-refractivity contribution >= 4 is 44.4 Å². The molecule has 0 saturated carbocycles. The third-order valence-corrected chi connectivity index (χ3v) is 7.46. The molecular formula is C24H29N3O3S2. The minimum atomic E-state index is 0.126. The first-order valence-corrected chi connectivity index (χ1v) is 12.8. The Bertz CT molecular complexity index is 1010. The van der Waals surface area contributed by atoms with E-state index >= 15 is 0 Å². The number of thiazole rings is 1. The average Bonchev–Trinajstić information content (AvgIpc) is 3.26. The summed E-state index contributed by atoms with van der Waals surface area (Å²) >= 11 is 3.27. The van der Waals surface area contributed by atoms with Gasteiger partial charge in [0.25, 0.3) is 0 Å². The summed E-state index contributed by atoms with van der Waals surface area (Å²) in [6.07, 6.45) is 1.40. The zero-order chi connectivity index (χ0) is 22.2. The molecule has 4 rings (SSSR count). The Balaban J connectivity index is 1.43. The predicted molar refractivity (Wildman–Crippen MR) is 132 cm³/mol. The topological polar surface area (TPSA) is 54.9 Å². The zero-order valence-corrected chi connectivity index (χ0v) is 20.0. The molecule has 1 saturated heterocycles. The molecule has 2 aromatic carbocycles. The summed E-state index contributed by atoms with van der Waals surface area (Å²) in [6, 6.07) is 16.1. The van der Waals surface area contributed by atoms with Crippen LogP contribution in [0, 0.1) is 0 Å². The first-order valence-electron chi connectivity index (χ1n) is 11.0. The van der Waals surface area contributed by atoms with Gasteiger partial charge in [-0.3, -0.25) is 14.6 Å². The summed E-state index contributed by atoms with van der Waals surface area (Å²) in [5.74, 6) is 1.68. The Labute approximate surface area is 197 Å². The number of methoxy groups -OCH3 is 1. The highest BCUT2D eigenvalue weighted by molar-refractivity contribution is 7.99. The monoisotopic (exact) mass is 471 g/mol. The lowest BCUT2D eigenvalue weighted by Crippen LogP contribution is -2.39. The average molecular weight is 472 g/mol. The summed E-state index contributed by atoms with van der Waals surface area (Å²) in [5.41, 5.74) is 0.899. The van der Waals surface area contributed by atoms with E-state index in [1.807, 2.05) is 41.3 Å². The number of morpholine rings is 1. The van der Waals surface area contributed by atoms with Gasteiger partial charge >= 0.3 is 0 Å². The van der Waals surface area contributed by atoms with Crippen LogP contribution in [-0.2, 0) is 9.53 Å². The van der Waals surface area contributed by atoms with E-state index in [4.69, 9.17) is 14.5 Å². The number of amides is 1. The number of carbonyl (C=O) groups is 1. The molecule has 0 aliphatic carbocycles. The van der Waals surface area contributed by atoms with Gasteiger partial charge in [-0.05, 0) is 36.8 Å². The highest BCUT2D eigenvalue weighted by Gasteiger charge is 2.20. The van der Waals surface area contributed by atoms with Crippen LogP contribution in [-0.4, -0.2) is 68.0 Å². The van der Waals surface area contributed by atoms with Crippen LogP contribution in [0.1, 0.15) is 12.8 Å². The van der Waals surface area contributed by atoms with E-state index in [2.05, 4.69) is 17.0 Å². The molecule has 8 heteroatoms. The lowest BCUT2D eigenvalue weighted by Gasteiger charge is -2.27. The van der Waals surface area contributed by atoms with E-state index in [-0.39, 0.29) is 5.91 Å². The van der Waals surface area contributed by atoms with E-state index < -0.39 is 0 Å². The molecule has 170 valence electrons. The van der Waals surface area contributed by atoms with Crippen LogP contribution in [0.25, 0.3) is 10.2 Å². The maximum Gasteiger partial charge on any atom is 0.229 e. The molecule has 0 N–H and O–H groups in total. The fraction of sp³-hybridized carbons (Fsp3) is 0.417. The molecule has 0 spiro atoms. The molecule has 1 amide bonds. The second kappa shape index (κ2) is 11.7. The third-order valence-electron chi connectivity index (χ3n) is 5.40. The molecule has 1 aliphatic rings. The maximum absolute atomic E-state index is 13.2.